The Balaban J connectivity index is 1.85. The average Bonchev–Trinajstić information content (AvgIpc) is 2.90. The van der Waals surface area contributed by atoms with E-state index in [9.17, 15) is 0 Å². The number of likely N-dealkylation sites (tertiary alicyclic amines) is 1. The van der Waals surface area contributed by atoms with Crippen molar-refractivity contribution in [2.75, 3.05) is 52.3 Å². The van der Waals surface area contributed by atoms with Gasteiger partial charge in [0, 0.05) is 31.9 Å². The third kappa shape index (κ3) is 6.46. The van der Waals surface area contributed by atoms with E-state index in [1.54, 1.807) is 14.2 Å². The van der Waals surface area contributed by atoms with Gasteiger partial charge in [-0.2, -0.15) is 0 Å². The van der Waals surface area contributed by atoms with Gasteiger partial charge in [-0.05, 0) is 45.0 Å². The number of aliphatic imine (C=N–C) groups is 1. The zero-order chi connectivity index (χ0) is 17.9. The van der Waals surface area contributed by atoms with Gasteiger partial charge in [0.05, 0.1) is 13.7 Å². The molecule has 1 aliphatic heterocycles. The van der Waals surface area contributed by atoms with Crippen LogP contribution in [0.5, 0.6) is 11.5 Å². The summed E-state index contributed by atoms with van der Waals surface area (Å²) in [6.45, 7) is 6.92. The molecule has 2 N–H and O–H groups in total. The van der Waals surface area contributed by atoms with Crippen LogP contribution in [-0.2, 0) is 0 Å². The second kappa shape index (κ2) is 10.8. The predicted octanol–water partition coefficient (Wildman–Crippen LogP) is 2.96. The summed E-state index contributed by atoms with van der Waals surface area (Å²) in [7, 11) is 3.43. The van der Waals surface area contributed by atoms with E-state index in [-0.39, 0.29) is 0 Å². The molecule has 1 fully saturated rings. The van der Waals surface area contributed by atoms with Crippen molar-refractivity contribution < 1.29 is 9.47 Å². The van der Waals surface area contributed by atoms with Crippen LogP contribution in [0.3, 0.4) is 0 Å². The SMILES string of the molecule is CCOc1cc(NC(=NC)NCCN2CCCCCC2)ccc1OC. The number of hydrogen-bond donors (Lipinski definition) is 2. The smallest absolute Gasteiger partial charge is 0.195 e. The number of rotatable bonds is 7. The number of guanidine groups is 1. The summed E-state index contributed by atoms with van der Waals surface area (Å²) in [6, 6.07) is 5.80. The molecule has 0 amide bonds. The molecule has 0 spiro atoms. The third-order valence-electron chi connectivity index (χ3n) is 4.37. The maximum atomic E-state index is 5.62. The molecule has 0 unspecified atom stereocenters. The minimum Gasteiger partial charge on any atom is -0.493 e. The van der Waals surface area contributed by atoms with Crippen LogP contribution in [-0.4, -0.2) is 57.8 Å². The second-order valence-electron chi connectivity index (χ2n) is 6.18. The maximum absolute atomic E-state index is 5.62. The van der Waals surface area contributed by atoms with Crippen LogP contribution >= 0.6 is 0 Å². The van der Waals surface area contributed by atoms with Crippen molar-refractivity contribution in [1.29, 1.82) is 0 Å². The molecule has 1 heterocycles. The van der Waals surface area contributed by atoms with Gasteiger partial charge in [0.1, 0.15) is 0 Å². The summed E-state index contributed by atoms with van der Waals surface area (Å²) < 4.78 is 10.9. The van der Waals surface area contributed by atoms with Gasteiger partial charge in [-0.3, -0.25) is 4.99 Å². The Morgan fingerprint density at radius 1 is 1.16 bits per heavy atom. The first kappa shape index (κ1) is 19.4. The van der Waals surface area contributed by atoms with Crippen molar-refractivity contribution in [2.45, 2.75) is 32.6 Å². The first-order valence-corrected chi connectivity index (χ1v) is 9.27. The molecule has 0 bridgehead atoms. The van der Waals surface area contributed by atoms with Crippen molar-refractivity contribution in [3.8, 4) is 11.5 Å². The quantitative estimate of drug-likeness (QED) is 0.586. The third-order valence-corrected chi connectivity index (χ3v) is 4.37. The van der Waals surface area contributed by atoms with E-state index < -0.39 is 0 Å². The molecule has 2 rings (SSSR count). The van der Waals surface area contributed by atoms with Gasteiger partial charge in [0.15, 0.2) is 17.5 Å². The highest BCUT2D eigenvalue weighted by Crippen LogP contribution is 2.30. The first-order valence-electron chi connectivity index (χ1n) is 9.27. The van der Waals surface area contributed by atoms with Crippen molar-refractivity contribution in [2.24, 2.45) is 4.99 Å². The van der Waals surface area contributed by atoms with Crippen LogP contribution in [0.15, 0.2) is 23.2 Å². The van der Waals surface area contributed by atoms with Gasteiger partial charge < -0.3 is 25.0 Å². The lowest BCUT2D eigenvalue weighted by Crippen LogP contribution is -2.38. The highest BCUT2D eigenvalue weighted by molar-refractivity contribution is 5.93. The summed E-state index contributed by atoms with van der Waals surface area (Å²) in [5.41, 5.74) is 0.923. The summed E-state index contributed by atoms with van der Waals surface area (Å²) in [5.74, 6) is 2.23. The highest BCUT2D eigenvalue weighted by Gasteiger charge is 2.09. The van der Waals surface area contributed by atoms with Crippen LogP contribution < -0.4 is 20.1 Å². The molecule has 1 saturated heterocycles. The van der Waals surface area contributed by atoms with Gasteiger partial charge in [-0.15, -0.1) is 0 Å². The van der Waals surface area contributed by atoms with Crippen molar-refractivity contribution >= 4 is 11.6 Å². The first-order chi connectivity index (χ1) is 12.3. The number of anilines is 1. The van der Waals surface area contributed by atoms with Crippen LogP contribution in [0.2, 0.25) is 0 Å². The fraction of sp³-hybridized carbons (Fsp3) is 0.632. The summed E-state index contributed by atoms with van der Waals surface area (Å²) >= 11 is 0. The van der Waals surface area contributed by atoms with E-state index in [4.69, 9.17) is 9.47 Å². The van der Waals surface area contributed by atoms with E-state index in [1.807, 2.05) is 25.1 Å². The van der Waals surface area contributed by atoms with E-state index >= 15 is 0 Å². The van der Waals surface area contributed by atoms with Gasteiger partial charge >= 0.3 is 0 Å². The maximum Gasteiger partial charge on any atom is 0.195 e. The van der Waals surface area contributed by atoms with Crippen molar-refractivity contribution in [1.82, 2.24) is 10.2 Å². The molecule has 25 heavy (non-hydrogen) atoms. The predicted molar refractivity (Wildman–Crippen MR) is 104 cm³/mol. The number of hydrogen-bond acceptors (Lipinski definition) is 4. The summed E-state index contributed by atoms with van der Waals surface area (Å²) in [6.07, 6.45) is 5.37. The van der Waals surface area contributed by atoms with E-state index in [2.05, 4.69) is 20.5 Å². The van der Waals surface area contributed by atoms with E-state index in [0.29, 0.717) is 6.61 Å². The molecule has 0 aromatic heterocycles. The standard InChI is InChI=1S/C19H32N4O2/c1-4-25-18-15-16(9-10-17(18)24-3)22-19(20-2)21-11-14-23-12-7-5-6-8-13-23/h9-10,15H,4-8,11-14H2,1-3H3,(H2,20,21,22). The van der Waals surface area contributed by atoms with Gasteiger partial charge in [-0.1, -0.05) is 12.8 Å². The Hall–Kier alpha value is -1.95. The summed E-state index contributed by atoms with van der Waals surface area (Å²) in [4.78, 5) is 6.84. The minimum atomic E-state index is 0.600. The molecule has 0 saturated carbocycles. The lowest BCUT2D eigenvalue weighted by atomic mass is 10.2. The molecule has 1 aliphatic rings. The average molecular weight is 348 g/mol. The Morgan fingerprint density at radius 3 is 2.56 bits per heavy atom. The summed E-state index contributed by atoms with van der Waals surface area (Å²) in [5, 5.41) is 6.70. The lowest BCUT2D eigenvalue weighted by Gasteiger charge is -2.21. The number of ether oxygens (including phenoxy) is 2. The van der Waals surface area contributed by atoms with Crippen molar-refractivity contribution in [3.05, 3.63) is 18.2 Å². The highest BCUT2D eigenvalue weighted by atomic mass is 16.5. The number of benzene rings is 1. The van der Waals surface area contributed by atoms with Crippen LogP contribution in [0.1, 0.15) is 32.6 Å². The Labute approximate surface area is 151 Å². The van der Waals surface area contributed by atoms with Gasteiger partial charge in [0.25, 0.3) is 0 Å². The molecule has 1 aromatic rings. The minimum absolute atomic E-state index is 0.600. The van der Waals surface area contributed by atoms with Crippen LogP contribution in [0.25, 0.3) is 0 Å². The molecule has 0 radical (unpaired) electrons. The topological polar surface area (TPSA) is 58.1 Å². The largest absolute Gasteiger partial charge is 0.493 e. The Bertz CT molecular complexity index is 540. The number of methoxy groups -OCH3 is 1. The molecule has 6 heteroatoms. The lowest BCUT2D eigenvalue weighted by molar-refractivity contribution is 0.289. The zero-order valence-corrected chi connectivity index (χ0v) is 15.8. The van der Waals surface area contributed by atoms with Gasteiger partial charge in [-0.25, -0.2) is 0 Å². The Morgan fingerprint density at radius 2 is 1.92 bits per heavy atom. The monoisotopic (exact) mass is 348 g/mol. The second-order valence-corrected chi connectivity index (χ2v) is 6.18. The van der Waals surface area contributed by atoms with Crippen LogP contribution in [0.4, 0.5) is 5.69 Å². The van der Waals surface area contributed by atoms with Crippen molar-refractivity contribution in [3.63, 3.8) is 0 Å². The fourth-order valence-electron chi connectivity index (χ4n) is 3.03. The molecule has 0 atom stereocenters. The van der Waals surface area contributed by atoms with E-state index in [0.717, 1.165) is 36.2 Å². The molecule has 0 aliphatic carbocycles. The molecular formula is C19H32N4O2. The van der Waals surface area contributed by atoms with Gasteiger partial charge in [0.2, 0.25) is 0 Å². The van der Waals surface area contributed by atoms with E-state index in [1.165, 1.54) is 38.8 Å². The number of nitrogens with zero attached hydrogens (tertiary/aromatic N) is 2. The zero-order valence-electron chi connectivity index (χ0n) is 15.8. The molecular weight excluding hydrogens is 316 g/mol. The molecule has 140 valence electrons. The fourth-order valence-corrected chi connectivity index (χ4v) is 3.03. The molecule has 1 aromatic carbocycles. The Kier molecular flexibility index (Phi) is 8.39. The molecule has 6 nitrogen and oxygen atoms in total. The van der Waals surface area contributed by atoms with Crippen LogP contribution in [0, 0.1) is 0 Å². The number of nitrogens with one attached hydrogen (secondary N) is 2. The normalized spacial score (nSPS) is 16.2.